The van der Waals surface area contributed by atoms with Gasteiger partial charge in [-0.05, 0) is 42.1 Å². The van der Waals surface area contributed by atoms with Crippen molar-refractivity contribution in [2.24, 2.45) is 0 Å². The maximum Gasteiger partial charge on any atom is 0.119 e. The first-order chi connectivity index (χ1) is 9.78. The van der Waals surface area contributed by atoms with Crippen molar-refractivity contribution in [3.8, 4) is 5.75 Å². The van der Waals surface area contributed by atoms with E-state index < -0.39 is 0 Å². The molecule has 1 aromatic heterocycles. The Balaban J connectivity index is 1.89. The molecule has 102 valence electrons. The van der Waals surface area contributed by atoms with Crippen molar-refractivity contribution in [3.63, 3.8) is 0 Å². The van der Waals surface area contributed by atoms with Crippen LogP contribution in [-0.4, -0.2) is 6.61 Å². The Morgan fingerprint density at radius 3 is 2.55 bits per heavy atom. The number of halogens is 1. The van der Waals surface area contributed by atoms with Crippen LogP contribution < -0.4 is 4.74 Å². The molecule has 1 atom stereocenters. The highest BCUT2D eigenvalue weighted by Crippen LogP contribution is 2.37. The first-order valence-corrected chi connectivity index (χ1v) is 7.88. The van der Waals surface area contributed by atoms with E-state index in [4.69, 9.17) is 16.3 Å². The highest BCUT2D eigenvalue weighted by atomic mass is 35.5. The van der Waals surface area contributed by atoms with Crippen LogP contribution in [0.4, 0.5) is 0 Å². The van der Waals surface area contributed by atoms with E-state index in [1.807, 2.05) is 31.2 Å². The number of benzene rings is 2. The third kappa shape index (κ3) is 2.67. The Morgan fingerprint density at radius 1 is 1.10 bits per heavy atom. The molecule has 0 radical (unpaired) electrons. The van der Waals surface area contributed by atoms with Gasteiger partial charge >= 0.3 is 0 Å². The Labute approximate surface area is 127 Å². The monoisotopic (exact) mass is 302 g/mol. The van der Waals surface area contributed by atoms with Crippen molar-refractivity contribution in [1.29, 1.82) is 0 Å². The fraction of sp³-hybridized carbons (Fsp3) is 0.176. The Bertz CT molecular complexity index is 669. The minimum atomic E-state index is -0.108. The molecule has 2 aromatic carbocycles. The molecule has 0 aliphatic rings. The summed E-state index contributed by atoms with van der Waals surface area (Å²) in [5.41, 5.74) is 1.10. The van der Waals surface area contributed by atoms with Gasteiger partial charge in [-0.15, -0.1) is 22.9 Å². The lowest BCUT2D eigenvalue weighted by Gasteiger charge is -2.09. The van der Waals surface area contributed by atoms with Crippen molar-refractivity contribution in [2.75, 3.05) is 6.61 Å². The molecule has 0 saturated carbocycles. The largest absolute Gasteiger partial charge is 0.494 e. The summed E-state index contributed by atoms with van der Waals surface area (Å²) in [5.74, 6) is 0.886. The van der Waals surface area contributed by atoms with Crippen LogP contribution in [0.25, 0.3) is 10.1 Å². The number of alkyl halides is 1. The molecule has 0 bridgehead atoms. The van der Waals surface area contributed by atoms with Crippen LogP contribution in [0.1, 0.15) is 22.7 Å². The van der Waals surface area contributed by atoms with Crippen LogP contribution in [0.15, 0.2) is 54.6 Å². The van der Waals surface area contributed by atoms with Gasteiger partial charge in [0.25, 0.3) is 0 Å². The average molecular weight is 303 g/mol. The maximum absolute atomic E-state index is 6.60. The van der Waals surface area contributed by atoms with Crippen molar-refractivity contribution in [2.45, 2.75) is 12.3 Å². The second kappa shape index (κ2) is 5.86. The molecule has 3 aromatic rings. The van der Waals surface area contributed by atoms with E-state index in [-0.39, 0.29) is 5.38 Å². The lowest BCUT2D eigenvalue weighted by atomic mass is 10.1. The van der Waals surface area contributed by atoms with Crippen molar-refractivity contribution < 1.29 is 4.74 Å². The van der Waals surface area contributed by atoms with Crippen LogP contribution in [0.5, 0.6) is 5.75 Å². The molecule has 0 fully saturated rings. The second-order valence-corrected chi connectivity index (χ2v) is 6.10. The summed E-state index contributed by atoms with van der Waals surface area (Å²) in [5, 5.41) is 1.15. The quantitative estimate of drug-likeness (QED) is 0.568. The molecule has 0 aliphatic heterocycles. The zero-order valence-corrected chi connectivity index (χ0v) is 12.7. The molecule has 0 N–H and O–H groups in total. The molecule has 1 heterocycles. The van der Waals surface area contributed by atoms with Crippen LogP contribution in [-0.2, 0) is 0 Å². The van der Waals surface area contributed by atoms with Gasteiger partial charge in [0.05, 0.1) is 12.0 Å². The second-order valence-electron chi connectivity index (χ2n) is 4.55. The number of ether oxygens (including phenoxy) is 1. The van der Waals surface area contributed by atoms with Crippen molar-refractivity contribution in [1.82, 2.24) is 0 Å². The molecule has 0 spiro atoms. The number of thiophene rings is 1. The summed E-state index contributed by atoms with van der Waals surface area (Å²) < 4.78 is 6.73. The van der Waals surface area contributed by atoms with Crippen LogP contribution in [0.3, 0.4) is 0 Å². The number of fused-ring (bicyclic) bond motifs is 1. The van der Waals surface area contributed by atoms with E-state index >= 15 is 0 Å². The topological polar surface area (TPSA) is 9.23 Å². The van der Waals surface area contributed by atoms with E-state index in [0.29, 0.717) is 6.61 Å². The number of hydrogen-bond acceptors (Lipinski definition) is 2. The van der Waals surface area contributed by atoms with Gasteiger partial charge in [-0.3, -0.25) is 0 Å². The highest BCUT2D eigenvalue weighted by Gasteiger charge is 2.14. The fourth-order valence-corrected chi connectivity index (χ4v) is 3.60. The molecular weight excluding hydrogens is 288 g/mol. The lowest BCUT2D eigenvalue weighted by Crippen LogP contribution is -1.93. The molecule has 0 saturated heterocycles. The minimum absolute atomic E-state index is 0.108. The molecule has 0 amide bonds. The van der Waals surface area contributed by atoms with Crippen LogP contribution in [0.2, 0.25) is 0 Å². The fourth-order valence-electron chi connectivity index (χ4n) is 2.19. The SMILES string of the molecule is CCOc1ccc(C(Cl)c2cc3ccccc3s2)cc1. The Hall–Kier alpha value is -1.51. The van der Waals surface area contributed by atoms with E-state index in [2.05, 4.69) is 30.3 Å². The predicted octanol–water partition coefficient (Wildman–Crippen LogP) is 5.63. The van der Waals surface area contributed by atoms with Crippen LogP contribution in [0, 0.1) is 0 Å². The maximum atomic E-state index is 6.60. The summed E-state index contributed by atoms with van der Waals surface area (Å²) in [6.45, 7) is 2.66. The van der Waals surface area contributed by atoms with Crippen molar-refractivity contribution in [3.05, 3.63) is 65.0 Å². The van der Waals surface area contributed by atoms with Gasteiger partial charge in [-0.2, -0.15) is 0 Å². The number of hydrogen-bond donors (Lipinski definition) is 0. The smallest absolute Gasteiger partial charge is 0.119 e. The first kappa shape index (κ1) is 13.5. The van der Waals surface area contributed by atoms with E-state index in [0.717, 1.165) is 11.3 Å². The van der Waals surface area contributed by atoms with Gasteiger partial charge in [-0.25, -0.2) is 0 Å². The number of rotatable bonds is 4. The molecule has 1 unspecified atom stereocenters. The lowest BCUT2D eigenvalue weighted by molar-refractivity contribution is 0.340. The Morgan fingerprint density at radius 2 is 1.85 bits per heavy atom. The first-order valence-electron chi connectivity index (χ1n) is 6.63. The summed E-state index contributed by atoms with van der Waals surface area (Å²) in [6, 6.07) is 18.6. The molecular formula is C17H15ClOS. The molecule has 3 rings (SSSR count). The van der Waals surface area contributed by atoms with Gasteiger partial charge in [0.2, 0.25) is 0 Å². The van der Waals surface area contributed by atoms with E-state index in [1.165, 1.54) is 15.0 Å². The molecule has 3 heteroatoms. The third-order valence-electron chi connectivity index (χ3n) is 3.18. The minimum Gasteiger partial charge on any atom is -0.494 e. The van der Waals surface area contributed by atoms with Gasteiger partial charge < -0.3 is 4.74 Å². The zero-order valence-electron chi connectivity index (χ0n) is 11.2. The Kier molecular flexibility index (Phi) is 3.95. The average Bonchev–Trinajstić information content (AvgIpc) is 2.91. The van der Waals surface area contributed by atoms with Gasteiger partial charge in [0.15, 0.2) is 0 Å². The molecule has 0 aliphatic carbocycles. The van der Waals surface area contributed by atoms with Gasteiger partial charge in [0, 0.05) is 9.58 Å². The molecule has 1 nitrogen and oxygen atoms in total. The standard InChI is InChI=1S/C17H15ClOS/c1-2-19-14-9-7-12(8-10-14)17(18)16-11-13-5-3-4-6-15(13)20-16/h3-11,17H,2H2,1H3. The third-order valence-corrected chi connectivity index (χ3v) is 4.98. The van der Waals surface area contributed by atoms with Gasteiger partial charge in [0.1, 0.15) is 5.75 Å². The normalized spacial score (nSPS) is 12.5. The van der Waals surface area contributed by atoms with E-state index in [9.17, 15) is 0 Å². The summed E-state index contributed by atoms with van der Waals surface area (Å²) >= 11 is 8.35. The van der Waals surface area contributed by atoms with Crippen LogP contribution >= 0.6 is 22.9 Å². The zero-order chi connectivity index (χ0) is 13.9. The predicted molar refractivity (Wildman–Crippen MR) is 87.1 cm³/mol. The molecule has 20 heavy (non-hydrogen) atoms. The highest BCUT2D eigenvalue weighted by molar-refractivity contribution is 7.19. The van der Waals surface area contributed by atoms with Gasteiger partial charge in [-0.1, -0.05) is 30.3 Å². The summed E-state index contributed by atoms with van der Waals surface area (Å²) in [6.07, 6.45) is 0. The summed E-state index contributed by atoms with van der Waals surface area (Å²) in [4.78, 5) is 1.18. The summed E-state index contributed by atoms with van der Waals surface area (Å²) in [7, 11) is 0. The van der Waals surface area contributed by atoms with Crippen molar-refractivity contribution >= 4 is 33.0 Å². The van der Waals surface area contributed by atoms with E-state index in [1.54, 1.807) is 11.3 Å².